The SMILES string of the molecule is COC1CN(CCc2ccc(N)cn2)CC1OC. The fourth-order valence-electron chi connectivity index (χ4n) is 2.31. The predicted octanol–water partition coefficient (Wildman–Crippen LogP) is 0.552. The molecule has 18 heavy (non-hydrogen) atoms. The maximum absolute atomic E-state index is 5.61. The van der Waals surface area contributed by atoms with Crippen molar-refractivity contribution in [2.45, 2.75) is 18.6 Å². The van der Waals surface area contributed by atoms with Crippen LogP contribution in [0.2, 0.25) is 0 Å². The van der Waals surface area contributed by atoms with E-state index in [9.17, 15) is 0 Å². The summed E-state index contributed by atoms with van der Waals surface area (Å²) in [6, 6.07) is 3.87. The molecule has 1 aromatic rings. The van der Waals surface area contributed by atoms with Gasteiger partial charge in [0.2, 0.25) is 0 Å². The number of nitrogen functional groups attached to an aromatic ring is 1. The number of pyridine rings is 1. The average Bonchev–Trinajstić information content (AvgIpc) is 2.80. The zero-order valence-corrected chi connectivity index (χ0v) is 11.0. The summed E-state index contributed by atoms with van der Waals surface area (Å²) in [5, 5.41) is 0. The lowest BCUT2D eigenvalue weighted by atomic mass is 10.2. The highest BCUT2D eigenvalue weighted by molar-refractivity contribution is 5.34. The number of likely N-dealkylation sites (tertiary alicyclic amines) is 1. The number of anilines is 1. The van der Waals surface area contributed by atoms with Crippen LogP contribution in [0.5, 0.6) is 0 Å². The first-order valence-corrected chi connectivity index (χ1v) is 6.21. The van der Waals surface area contributed by atoms with Crippen LogP contribution in [-0.4, -0.2) is 55.9 Å². The molecule has 0 aliphatic carbocycles. The van der Waals surface area contributed by atoms with Crippen molar-refractivity contribution < 1.29 is 9.47 Å². The molecule has 1 saturated heterocycles. The zero-order valence-electron chi connectivity index (χ0n) is 11.0. The summed E-state index contributed by atoms with van der Waals surface area (Å²) in [7, 11) is 3.48. The number of ether oxygens (including phenoxy) is 2. The molecular formula is C13H21N3O2. The predicted molar refractivity (Wildman–Crippen MR) is 70.4 cm³/mol. The van der Waals surface area contributed by atoms with E-state index in [1.54, 1.807) is 20.4 Å². The summed E-state index contributed by atoms with van der Waals surface area (Å²) in [5.74, 6) is 0. The van der Waals surface area contributed by atoms with Gasteiger partial charge in [0.05, 0.1) is 24.1 Å². The number of methoxy groups -OCH3 is 2. The van der Waals surface area contributed by atoms with Gasteiger partial charge in [-0.2, -0.15) is 0 Å². The zero-order chi connectivity index (χ0) is 13.0. The van der Waals surface area contributed by atoms with Crippen LogP contribution < -0.4 is 5.73 Å². The Balaban J connectivity index is 1.82. The second-order valence-corrected chi connectivity index (χ2v) is 4.64. The third kappa shape index (κ3) is 3.19. The lowest BCUT2D eigenvalue weighted by Crippen LogP contribution is -2.27. The molecule has 5 nitrogen and oxygen atoms in total. The second kappa shape index (κ2) is 6.13. The highest BCUT2D eigenvalue weighted by Gasteiger charge is 2.32. The van der Waals surface area contributed by atoms with Crippen LogP contribution in [0.15, 0.2) is 18.3 Å². The van der Waals surface area contributed by atoms with Gasteiger partial charge in [0, 0.05) is 46.0 Å². The first-order valence-electron chi connectivity index (χ1n) is 6.21. The lowest BCUT2D eigenvalue weighted by Gasteiger charge is -2.14. The third-order valence-corrected chi connectivity index (χ3v) is 3.43. The van der Waals surface area contributed by atoms with Crippen LogP contribution in [0.25, 0.3) is 0 Å². The summed E-state index contributed by atoms with van der Waals surface area (Å²) in [5.41, 5.74) is 7.39. The summed E-state index contributed by atoms with van der Waals surface area (Å²) < 4.78 is 10.8. The molecule has 0 amide bonds. The number of aromatic nitrogens is 1. The number of nitrogens with two attached hydrogens (primary N) is 1. The Morgan fingerprint density at radius 1 is 1.28 bits per heavy atom. The molecule has 1 aliphatic heterocycles. The molecule has 2 heterocycles. The lowest BCUT2D eigenvalue weighted by molar-refractivity contribution is -0.00461. The maximum atomic E-state index is 5.61. The summed E-state index contributed by atoms with van der Waals surface area (Å²) in [6.45, 7) is 2.81. The molecule has 0 saturated carbocycles. The molecule has 2 unspecified atom stereocenters. The van der Waals surface area contributed by atoms with Gasteiger partial charge in [0.15, 0.2) is 0 Å². The van der Waals surface area contributed by atoms with Gasteiger partial charge in [0.1, 0.15) is 0 Å². The Kier molecular flexibility index (Phi) is 4.52. The molecule has 2 atom stereocenters. The quantitative estimate of drug-likeness (QED) is 0.828. The monoisotopic (exact) mass is 251 g/mol. The van der Waals surface area contributed by atoms with Crippen molar-refractivity contribution in [3.05, 3.63) is 24.0 Å². The van der Waals surface area contributed by atoms with E-state index in [1.807, 2.05) is 12.1 Å². The van der Waals surface area contributed by atoms with E-state index < -0.39 is 0 Å². The van der Waals surface area contributed by atoms with Gasteiger partial charge in [-0.3, -0.25) is 9.88 Å². The number of hydrogen-bond donors (Lipinski definition) is 1. The summed E-state index contributed by atoms with van der Waals surface area (Å²) in [6.07, 6.45) is 2.98. The number of rotatable bonds is 5. The van der Waals surface area contributed by atoms with Crippen molar-refractivity contribution in [2.75, 3.05) is 39.6 Å². The number of hydrogen-bond acceptors (Lipinski definition) is 5. The minimum Gasteiger partial charge on any atom is -0.397 e. The van der Waals surface area contributed by atoms with Gasteiger partial charge in [-0.1, -0.05) is 0 Å². The van der Waals surface area contributed by atoms with Gasteiger partial charge in [-0.15, -0.1) is 0 Å². The van der Waals surface area contributed by atoms with Crippen LogP contribution in [0.3, 0.4) is 0 Å². The molecule has 100 valence electrons. The van der Waals surface area contributed by atoms with Crippen LogP contribution in [0.4, 0.5) is 5.69 Å². The van der Waals surface area contributed by atoms with E-state index in [0.717, 1.165) is 31.7 Å². The van der Waals surface area contributed by atoms with Crippen molar-refractivity contribution in [2.24, 2.45) is 0 Å². The molecule has 5 heteroatoms. The van der Waals surface area contributed by atoms with Crippen LogP contribution >= 0.6 is 0 Å². The van der Waals surface area contributed by atoms with E-state index in [1.165, 1.54) is 0 Å². The molecule has 0 aromatic carbocycles. The first kappa shape index (κ1) is 13.3. The van der Waals surface area contributed by atoms with Gasteiger partial charge in [0.25, 0.3) is 0 Å². The van der Waals surface area contributed by atoms with Gasteiger partial charge in [-0.25, -0.2) is 0 Å². The van der Waals surface area contributed by atoms with E-state index in [-0.39, 0.29) is 12.2 Å². The van der Waals surface area contributed by atoms with E-state index in [4.69, 9.17) is 15.2 Å². The smallest absolute Gasteiger partial charge is 0.0971 e. The van der Waals surface area contributed by atoms with Gasteiger partial charge >= 0.3 is 0 Å². The average molecular weight is 251 g/mol. The molecule has 1 aromatic heterocycles. The number of nitrogens with zero attached hydrogens (tertiary/aromatic N) is 2. The topological polar surface area (TPSA) is 60.6 Å². The molecule has 2 rings (SSSR count). The first-order chi connectivity index (χ1) is 8.72. The van der Waals surface area contributed by atoms with E-state index in [0.29, 0.717) is 5.69 Å². The highest BCUT2D eigenvalue weighted by atomic mass is 16.5. The molecular weight excluding hydrogens is 230 g/mol. The molecule has 2 N–H and O–H groups in total. The maximum Gasteiger partial charge on any atom is 0.0971 e. The van der Waals surface area contributed by atoms with Crippen LogP contribution in [0.1, 0.15) is 5.69 Å². The van der Waals surface area contributed by atoms with Crippen LogP contribution in [-0.2, 0) is 15.9 Å². The highest BCUT2D eigenvalue weighted by Crippen LogP contribution is 2.16. The van der Waals surface area contributed by atoms with Crippen LogP contribution in [0, 0.1) is 0 Å². The molecule has 0 radical (unpaired) electrons. The fraction of sp³-hybridized carbons (Fsp3) is 0.615. The minimum atomic E-state index is 0.175. The van der Waals surface area contributed by atoms with Gasteiger partial charge < -0.3 is 15.2 Å². The van der Waals surface area contributed by atoms with Crippen molar-refractivity contribution in [1.29, 1.82) is 0 Å². The second-order valence-electron chi connectivity index (χ2n) is 4.64. The molecule has 0 spiro atoms. The third-order valence-electron chi connectivity index (χ3n) is 3.43. The normalized spacial score (nSPS) is 24.6. The largest absolute Gasteiger partial charge is 0.397 e. The Bertz CT molecular complexity index is 357. The Hall–Kier alpha value is -1.17. The molecule has 1 fully saturated rings. The fourth-order valence-corrected chi connectivity index (χ4v) is 2.31. The molecule has 0 bridgehead atoms. The standard InChI is InChI=1S/C13H21N3O2/c1-17-12-8-16(9-13(12)18-2)6-5-11-4-3-10(14)7-15-11/h3-4,7,12-13H,5-6,8-9,14H2,1-2H3. The van der Waals surface area contributed by atoms with E-state index in [2.05, 4.69) is 9.88 Å². The van der Waals surface area contributed by atoms with Gasteiger partial charge in [-0.05, 0) is 12.1 Å². The van der Waals surface area contributed by atoms with Crippen molar-refractivity contribution in [3.63, 3.8) is 0 Å². The molecule has 1 aliphatic rings. The van der Waals surface area contributed by atoms with Crippen molar-refractivity contribution in [1.82, 2.24) is 9.88 Å². The summed E-state index contributed by atoms with van der Waals surface area (Å²) in [4.78, 5) is 6.65. The minimum absolute atomic E-state index is 0.175. The van der Waals surface area contributed by atoms with E-state index >= 15 is 0 Å². The van der Waals surface area contributed by atoms with Crippen molar-refractivity contribution >= 4 is 5.69 Å². The Labute approximate surface area is 108 Å². The Morgan fingerprint density at radius 2 is 1.94 bits per heavy atom. The van der Waals surface area contributed by atoms with Crippen molar-refractivity contribution in [3.8, 4) is 0 Å². The summed E-state index contributed by atoms with van der Waals surface area (Å²) >= 11 is 0. The Morgan fingerprint density at radius 3 is 2.44 bits per heavy atom.